The van der Waals surface area contributed by atoms with Gasteiger partial charge in [0.15, 0.2) is 0 Å². The third-order valence-electron chi connectivity index (χ3n) is 4.35. The number of hydrogen-bond donors (Lipinski definition) is 2. The van der Waals surface area contributed by atoms with Crippen molar-refractivity contribution in [3.8, 4) is 0 Å². The minimum absolute atomic E-state index is 0.374. The zero-order chi connectivity index (χ0) is 11.6. The van der Waals surface area contributed by atoms with E-state index in [0.717, 1.165) is 32.3 Å². The average molecular weight is 226 g/mol. The first-order chi connectivity index (χ1) is 7.58. The van der Waals surface area contributed by atoms with Crippen molar-refractivity contribution in [1.82, 2.24) is 10.6 Å². The first-order valence-corrected chi connectivity index (χ1v) is 6.51. The molecule has 16 heavy (non-hydrogen) atoms. The molecule has 0 aromatic carbocycles. The summed E-state index contributed by atoms with van der Waals surface area (Å²) in [5.41, 5.74) is 0.903. The van der Waals surface area contributed by atoms with Crippen molar-refractivity contribution >= 4 is 0 Å². The Morgan fingerprint density at radius 3 is 2.44 bits per heavy atom. The summed E-state index contributed by atoms with van der Waals surface area (Å²) < 4.78 is 5.42. The molecular formula is C13H26N2O. The van der Waals surface area contributed by atoms with Gasteiger partial charge < -0.3 is 15.4 Å². The Hall–Kier alpha value is -0.120. The van der Waals surface area contributed by atoms with Gasteiger partial charge in [0.05, 0.1) is 6.61 Å². The molecule has 1 heterocycles. The van der Waals surface area contributed by atoms with E-state index in [1.165, 1.54) is 19.3 Å². The molecule has 0 spiro atoms. The minimum atomic E-state index is 0.374. The van der Waals surface area contributed by atoms with E-state index in [1.54, 1.807) is 0 Å². The maximum Gasteiger partial charge on any atom is 0.0531 e. The Morgan fingerprint density at radius 2 is 1.94 bits per heavy atom. The van der Waals surface area contributed by atoms with E-state index in [0.29, 0.717) is 10.8 Å². The van der Waals surface area contributed by atoms with Gasteiger partial charge >= 0.3 is 0 Å². The topological polar surface area (TPSA) is 33.3 Å². The van der Waals surface area contributed by atoms with Crippen LogP contribution in [-0.4, -0.2) is 39.4 Å². The molecule has 2 rings (SSSR count). The molecule has 0 bridgehead atoms. The van der Waals surface area contributed by atoms with Gasteiger partial charge in [0.1, 0.15) is 0 Å². The highest BCUT2D eigenvalue weighted by Crippen LogP contribution is 2.45. The van der Waals surface area contributed by atoms with Crippen LogP contribution < -0.4 is 10.6 Å². The van der Waals surface area contributed by atoms with E-state index in [9.17, 15) is 0 Å². The van der Waals surface area contributed by atoms with Gasteiger partial charge in [-0.15, -0.1) is 0 Å². The van der Waals surface area contributed by atoms with Crippen molar-refractivity contribution in [2.75, 3.05) is 33.4 Å². The van der Waals surface area contributed by atoms with Crippen molar-refractivity contribution in [2.45, 2.75) is 39.2 Å². The molecule has 0 aromatic heterocycles. The fourth-order valence-corrected chi connectivity index (χ4v) is 2.79. The minimum Gasteiger partial charge on any atom is -0.384 e. The number of piperidine rings is 1. The molecule has 1 saturated carbocycles. The van der Waals surface area contributed by atoms with Crippen molar-refractivity contribution < 1.29 is 4.74 Å². The summed E-state index contributed by atoms with van der Waals surface area (Å²) in [6, 6.07) is 0.733. The van der Waals surface area contributed by atoms with Crippen LogP contribution in [-0.2, 0) is 4.74 Å². The van der Waals surface area contributed by atoms with E-state index in [2.05, 4.69) is 24.5 Å². The van der Waals surface area contributed by atoms with E-state index in [1.807, 2.05) is 7.11 Å². The second kappa shape index (κ2) is 4.63. The Kier molecular flexibility index (Phi) is 3.57. The first kappa shape index (κ1) is 12.3. The van der Waals surface area contributed by atoms with Crippen molar-refractivity contribution in [2.24, 2.45) is 10.8 Å². The lowest BCUT2D eigenvalue weighted by Gasteiger charge is -2.37. The highest BCUT2D eigenvalue weighted by atomic mass is 16.5. The molecule has 2 fully saturated rings. The van der Waals surface area contributed by atoms with Crippen LogP contribution in [0, 0.1) is 10.8 Å². The zero-order valence-corrected chi connectivity index (χ0v) is 10.9. The van der Waals surface area contributed by atoms with Gasteiger partial charge in [-0.1, -0.05) is 13.8 Å². The maximum atomic E-state index is 5.42. The smallest absolute Gasteiger partial charge is 0.0531 e. The van der Waals surface area contributed by atoms with E-state index in [4.69, 9.17) is 4.74 Å². The third-order valence-corrected chi connectivity index (χ3v) is 4.35. The van der Waals surface area contributed by atoms with E-state index >= 15 is 0 Å². The van der Waals surface area contributed by atoms with Gasteiger partial charge in [0.2, 0.25) is 0 Å². The molecule has 2 N–H and O–H groups in total. The molecule has 3 nitrogen and oxygen atoms in total. The molecule has 1 atom stereocenters. The Bertz CT molecular complexity index is 229. The molecule has 3 heteroatoms. The summed E-state index contributed by atoms with van der Waals surface area (Å²) in [6.45, 7) is 8.98. The van der Waals surface area contributed by atoms with Crippen LogP contribution in [0.2, 0.25) is 0 Å². The predicted molar refractivity (Wildman–Crippen MR) is 66.6 cm³/mol. The van der Waals surface area contributed by atoms with Gasteiger partial charge in [-0.05, 0) is 37.8 Å². The number of methoxy groups -OCH3 is 1. The normalized spacial score (nSPS) is 31.3. The summed E-state index contributed by atoms with van der Waals surface area (Å²) in [5, 5.41) is 7.17. The second-order valence-electron chi connectivity index (χ2n) is 6.31. The highest BCUT2D eigenvalue weighted by molar-refractivity contribution is 5.02. The maximum absolute atomic E-state index is 5.42. The molecule has 1 aliphatic carbocycles. The average Bonchev–Trinajstić information content (AvgIpc) is 2.86. The second-order valence-corrected chi connectivity index (χ2v) is 6.31. The van der Waals surface area contributed by atoms with Crippen LogP contribution in [0.3, 0.4) is 0 Å². The fourth-order valence-electron chi connectivity index (χ4n) is 2.79. The Labute approximate surface area is 99.3 Å². The highest BCUT2D eigenvalue weighted by Gasteiger charge is 2.46. The monoisotopic (exact) mass is 226 g/mol. The van der Waals surface area contributed by atoms with Gasteiger partial charge in [0.25, 0.3) is 0 Å². The van der Waals surface area contributed by atoms with Gasteiger partial charge in [-0.2, -0.15) is 0 Å². The fraction of sp³-hybridized carbons (Fsp3) is 1.00. The summed E-state index contributed by atoms with van der Waals surface area (Å²) in [4.78, 5) is 0. The van der Waals surface area contributed by atoms with Crippen LogP contribution in [0.5, 0.6) is 0 Å². The Balaban J connectivity index is 1.82. The summed E-state index contributed by atoms with van der Waals surface area (Å²) >= 11 is 0. The molecule has 0 amide bonds. The summed E-state index contributed by atoms with van der Waals surface area (Å²) in [6.07, 6.45) is 3.80. The summed E-state index contributed by atoms with van der Waals surface area (Å²) in [7, 11) is 1.82. The standard InChI is InChI=1S/C13H26N2O/c1-12(2)8-11(12)15-9-13(10-16-3)4-6-14-7-5-13/h11,14-15H,4-10H2,1-3H3. The third kappa shape index (κ3) is 2.76. The van der Waals surface area contributed by atoms with Crippen LogP contribution in [0.1, 0.15) is 33.1 Å². The van der Waals surface area contributed by atoms with E-state index < -0.39 is 0 Å². The zero-order valence-electron chi connectivity index (χ0n) is 10.9. The largest absolute Gasteiger partial charge is 0.384 e. The number of hydrogen-bond acceptors (Lipinski definition) is 3. The van der Waals surface area contributed by atoms with Crippen molar-refractivity contribution in [3.05, 3.63) is 0 Å². The number of nitrogens with one attached hydrogen (secondary N) is 2. The first-order valence-electron chi connectivity index (χ1n) is 6.51. The molecule has 1 aliphatic heterocycles. The molecule has 94 valence electrons. The van der Waals surface area contributed by atoms with Gasteiger partial charge in [0, 0.05) is 25.1 Å². The van der Waals surface area contributed by atoms with Crippen LogP contribution in [0.25, 0.3) is 0 Å². The molecule has 0 aromatic rings. The van der Waals surface area contributed by atoms with Gasteiger partial charge in [-0.25, -0.2) is 0 Å². The SMILES string of the molecule is COCC1(CNC2CC2(C)C)CCNCC1. The van der Waals surface area contributed by atoms with Crippen LogP contribution >= 0.6 is 0 Å². The number of ether oxygens (including phenoxy) is 1. The molecule has 2 aliphatic rings. The van der Waals surface area contributed by atoms with Crippen LogP contribution in [0.15, 0.2) is 0 Å². The Morgan fingerprint density at radius 1 is 1.31 bits per heavy atom. The molecule has 0 radical (unpaired) electrons. The van der Waals surface area contributed by atoms with E-state index in [-0.39, 0.29) is 0 Å². The van der Waals surface area contributed by atoms with Crippen molar-refractivity contribution in [1.29, 1.82) is 0 Å². The molecule has 1 unspecified atom stereocenters. The predicted octanol–water partition coefficient (Wildman–Crippen LogP) is 1.39. The lowest BCUT2D eigenvalue weighted by molar-refractivity contribution is 0.0528. The lowest BCUT2D eigenvalue weighted by atomic mass is 9.79. The van der Waals surface area contributed by atoms with Crippen molar-refractivity contribution in [3.63, 3.8) is 0 Å². The lowest BCUT2D eigenvalue weighted by Crippen LogP contribution is -2.46. The number of rotatable bonds is 5. The summed E-state index contributed by atoms with van der Waals surface area (Å²) in [5.74, 6) is 0. The quantitative estimate of drug-likeness (QED) is 0.743. The van der Waals surface area contributed by atoms with Crippen LogP contribution in [0.4, 0.5) is 0 Å². The molecular weight excluding hydrogens is 200 g/mol. The molecule has 1 saturated heterocycles. The van der Waals surface area contributed by atoms with Gasteiger partial charge in [-0.3, -0.25) is 0 Å².